The van der Waals surface area contributed by atoms with E-state index in [1.165, 1.54) is 31.2 Å². The molecule has 1 aliphatic heterocycles. The minimum Gasteiger partial charge on any atom is -0.492 e. The topological polar surface area (TPSA) is 110 Å². The van der Waals surface area contributed by atoms with Crippen molar-refractivity contribution in [1.29, 1.82) is 0 Å². The molecule has 162 valence electrons. The Balaban J connectivity index is 2.13. The lowest BCUT2D eigenvalue weighted by Crippen LogP contribution is -2.30. The minimum absolute atomic E-state index is 0.0194. The maximum Gasteiger partial charge on any atom is 0.265 e. The molecular formula is C18H18Cl2N2O6S2. The third-order valence-electron chi connectivity index (χ3n) is 4.31. The first kappa shape index (κ1) is 22.7. The number of nitrogens with zero attached hydrogens (tertiary/aromatic N) is 1. The lowest BCUT2D eigenvalue weighted by Gasteiger charge is -2.19. The zero-order chi connectivity index (χ0) is 22.3. The molecule has 1 atom stereocenters. The maximum atomic E-state index is 13.1. The number of ether oxygens (including phenoxy) is 1. The number of anilines is 2. The van der Waals surface area contributed by atoms with E-state index in [-0.39, 0.29) is 44.4 Å². The van der Waals surface area contributed by atoms with Crippen molar-refractivity contribution in [1.82, 2.24) is 0 Å². The van der Waals surface area contributed by atoms with Crippen LogP contribution in [0.15, 0.2) is 41.3 Å². The number of nitrogens with one attached hydrogen (secondary N) is 1. The predicted molar refractivity (Wildman–Crippen MR) is 115 cm³/mol. The summed E-state index contributed by atoms with van der Waals surface area (Å²) < 4.78 is 59.4. The fraction of sp³-hybridized carbons (Fsp3) is 0.278. The van der Waals surface area contributed by atoms with Crippen LogP contribution in [0, 0.1) is 5.92 Å². The van der Waals surface area contributed by atoms with Gasteiger partial charge in [0.1, 0.15) is 10.6 Å². The molecular weight excluding hydrogens is 475 g/mol. The van der Waals surface area contributed by atoms with Gasteiger partial charge in [0.15, 0.2) is 0 Å². The van der Waals surface area contributed by atoms with E-state index in [0.29, 0.717) is 4.31 Å². The maximum absolute atomic E-state index is 13.1. The van der Waals surface area contributed by atoms with Gasteiger partial charge in [0.05, 0.1) is 39.7 Å². The smallest absolute Gasteiger partial charge is 0.265 e. The van der Waals surface area contributed by atoms with Crippen molar-refractivity contribution in [3.63, 3.8) is 0 Å². The Morgan fingerprint density at radius 1 is 1.20 bits per heavy atom. The highest BCUT2D eigenvalue weighted by molar-refractivity contribution is 7.94. The number of amides is 1. The van der Waals surface area contributed by atoms with Crippen LogP contribution >= 0.6 is 23.2 Å². The standard InChI is InChI=1S/C18H18Cl2N2O6S2/c1-3-28-15-8-7-12(22-18(23)11(2)10-29(22,24)25)9-16(15)30(26,27)21-17-13(19)5-4-6-14(17)20/h4-9,11,21H,3,10H2,1-2H3. The van der Waals surface area contributed by atoms with Crippen molar-refractivity contribution in [3.05, 3.63) is 46.4 Å². The fourth-order valence-corrected chi connectivity index (χ4v) is 6.66. The Bertz CT molecular complexity index is 1190. The fourth-order valence-electron chi connectivity index (χ4n) is 2.98. The first-order valence-electron chi connectivity index (χ1n) is 8.78. The molecule has 1 heterocycles. The van der Waals surface area contributed by atoms with Crippen LogP contribution in [0.3, 0.4) is 0 Å². The number of benzene rings is 2. The summed E-state index contributed by atoms with van der Waals surface area (Å²) in [5, 5.41) is 0.151. The molecule has 1 unspecified atom stereocenters. The molecule has 1 N–H and O–H groups in total. The molecule has 0 aliphatic carbocycles. The molecule has 2 aromatic rings. The molecule has 0 aromatic heterocycles. The van der Waals surface area contributed by atoms with Gasteiger partial charge in [-0.05, 0) is 37.3 Å². The normalized spacial score (nSPS) is 18.5. The highest BCUT2D eigenvalue weighted by Gasteiger charge is 2.42. The Morgan fingerprint density at radius 2 is 1.83 bits per heavy atom. The molecule has 0 saturated carbocycles. The Kier molecular flexibility index (Phi) is 6.24. The first-order valence-corrected chi connectivity index (χ1v) is 12.6. The molecule has 8 nitrogen and oxygen atoms in total. The summed E-state index contributed by atoms with van der Waals surface area (Å²) in [6.07, 6.45) is 0. The number of sulfonamides is 2. The van der Waals surface area contributed by atoms with Gasteiger partial charge in [-0.3, -0.25) is 9.52 Å². The summed E-state index contributed by atoms with van der Waals surface area (Å²) in [6, 6.07) is 8.17. The Morgan fingerprint density at radius 3 is 2.37 bits per heavy atom. The molecule has 0 bridgehead atoms. The van der Waals surface area contributed by atoms with Crippen LogP contribution < -0.4 is 13.8 Å². The molecule has 3 rings (SSSR count). The number of rotatable bonds is 6. The summed E-state index contributed by atoms with van der Waals surface area (Å²) in [5.41, 5.74) is -0.134. The lowest BCUT2D eigenvalue weighted by molar-refractivity contribution is -0.119. The summed E-state index contributed by atoms with van der Waals surface area (Å²) in [7, 11) is -8.22. The third-order valence-corrected chi connectivity index (χ3v) is 8.18. The van der Waals surface area contributed by atoms with Crippen LogP contribution in [0.5, 0.6) is 5.75 Å². The van der Waals surface area contributed by atoms with Crippen LogP contribution in [0.2, 0.25) is 10.0 Å². The van der Waals surface area contributed by atoms with E-state index in [4.69, 9.17) is 27.9 Å². The van der Waals surface area contributed by atoms with E-state index in [1.54, 1.807) is 13.0 Å². The van der Waals surface area contributed by atoms with Crippen molar-refractivity contribution in [2.75, 3.05) is 21.4 Å². The number of hydrogen-bond donors (Lipinski definition) is 1. The van der Waals surface area contributed by atoms with Gasteiger partial charge in [0, 0.05) is 0 Å². The summed E-state index contributed by atoms with van der Waals surface area (Å²) in [4.78, 5) is 12.0. The molecule has 0 radical (unpaired) electrons. The number of halogens is 2. The molecule has 1 aliphatic rings. The van der Waals surface area contributed by atoms with Crippen molar-refractivity contribution in [2.45, 2.75) is 18.7 Å². The zero-order valence-corrected chi connectivity index (χ0v) is 19.1. The van der Waals surface area contributed by atoms with Crippen LogP contribution in [0.25, 0.3) is 0 Å². The number of carbonyl (C=O) groups excluding carboxylic acids is 1. The second kappa shape index (κ2) is 8.26. The summed E-state index contributed by atoms with van der Waals surface area (Å²) >= 11 is 12.1. The van der Waals surface area contributed by atoms with Crippen molar-refractivity contribution in [2.24, 2.45) is 5.92 Å². The van der Waals surface area contributed by atoms with Crippen LogP contribution in [0.1, 0.15) is 13.8 Å². The first-order chi connectivity index (χ1) is 14.0. The van der Waals surface area contributed by atoms with Gasteiger partial charge < -0.3 is 4.74 Å². The zero-order valence-electron chi connectivity index (χ0n) is 15.9. The Hall–Kier alpha value is -2.01. The van der Waals surface area contributed by atoms with Gasteiger partial charge >= 0.3 is 0 Å². The highest BCUT2D eigenvalue weighted by atomic mass is 35.5. The molecule has 2 aromatic carbocycles. The van der Waals surface area contributed by atoms with Gasteiger partial charge in [-0.25, -0.2) is 21.1 Å². The van der Waals surface area contributed by atoms with Gasteiger partial charge in [-0.1, -0.05) is 36.2 Å². The van der Waals surface area contributed by atoms with Crippen molar-refractivity contribution >= 4 is 60.5 Å². The second-order valence-electron chi connectivity index (χ2n) is 6.55. The summed E-state index contributed by atoms with van der Waals surface area (Å²) in [5.74, 6) is -1.74. The number of carbonyl (C=O) groups is 1. The molecule has 30 heavy (non-hydrogen) atoms. The average molecular weight is 493 g/mol. The van der Waals surface area contributed by atoms with E-state index in [1.807, 2.05) is 0 Å². The third kappa shape index (κ3) is 4.22. The van der Waals surface area contributed by atoms with Crippen molar-refractivity contribution < 1.29 is 26.4 Å². The highest BCUT2D eigenvalue weighted by Crippen LogP contribution is 2.37. The monoisotopic (exact) mass is 492 g/mol. The van der Waals surface area contributed by atoms with E-state index < -0.39 is 31.9 Å². The van der Waals surface area contributed by atoms with Gasteiger partial charge in [0.25, 0.3) is 10.0 Å². The molecule has 0 spiro atoms. The van der Waals surface area contributed by atoms with Gasteiger partial charge in [-0.15, -0.1) is 0 Å². The molecule has 12 heteroatoms. The number of para-hydroxylation sites is 1. The van der Waals surface area contributed by atoms with Crippen LogP contribution in [0.4, 0.5) is 11.4 Å². The van der Waals surface area contributed by atoms with Crippen molar-refractivity contribution in [3.8, 4) is 5.75 Å². The van der Waals surface area contributed by atoms with E-state index in [2.05, 4.69) is 4.72 Å². The molecule has 1 amide bonds. The lowest BCUT2D eigenvalue weighted by atomic mass is 10.2. The Labute approximate surface area is 184 Å². The SMILES string of the molecule is CCOc1ccc(N2C(=O)C(C)CS2(=O)=O)cc1S(=O)(=O)Nc1c(Cl)cccc1Cl. The van der Waals surface area contributed by atoms with Gasteiger partial charge in [0.2, 0.25) is 15.9 Å². The second-order valence-corrected chi connectivity index (χ2v) is 10.9. The van der Waals surface area contributed by atoms with Crippen LogP contribution in [-0.2, 0) is 24.8 Å². The van der Waals surface area contributed by atoms with Gasteiger partial charge in [-0.2, -0.15) is 0 Å². The van der Waals surface area contributed by atoms with Crippen LogP contribution in [-0.4, -0.2) is 35.1 Å². The largest absolute Gasteiger partial charge is 0.492 e. The van der Waals surface area contributed by atoms with E-state index >= 15 is 0 Å². The minimum atomic E-state index is -4.31. The average Bonchev–Trinajstić information content (AvgIpc) is 2.86. The molecule has 1 saturated heterocycles. The predicted octanol–water partition coefficient (Wildman–Crippen LogP) is 3.51. The van der Waals surface area contributed by atoms with E-state index in [0.717, 1.165) is 6.07 Å². The summed E-state index contributed by atoms with van der Waals surface area (Å²) in [6.45, 7) is 3.32. The quantitative estimate of drug-likeness (QED) is 0.660. The van der Waals surface area contributed by atoms with E-state index in [9.17, 15) is 21.6 Å². The number of hydrogen-bond acceptors (Lipinski definition) is 6. The molecule has 1 fully saturated rings.